The molecule has 0 bridgehead atoms. The van der Waals surface area contributed by atoms with Crippen LogP contribution in [0.5, 0.6) is 0 Å². The van der Waals surface area contributed by atoms with Gasteiger partial charge in [-0.1, -0.05) is 13.8 Å². The van der Waals surface area contributed by atoms with Crippen LogP contribution in [0.1, 0.15) is 72.1 Å². The van der Waals surface area contributed by atoms with Gasteiger partial charge in [0.05, 0.1) is 12.1 Å². The van der Waals surface area contributed by atoms with Crippen molar-refractivity contribution >= 4 is 11.7 Å². The van der Waals surface area contributed by atoms with Gasteiger partial charge in [0, 0.05) is 24.3 Å². The van der Waals surface area contributed by atoms with E-state index < -0.39 is 0 Å². The third kappa shape index (κ3) is 3.07. The molecule has 0 aromatic carbocycles. The van der Waals surface area contributed by atoms with Crippen molar-refractivity contribution in [2.75, 3.05) is 6.61 Å². The molecule has 2 aliphatic rings. The zero-order valence-corrected chi connectivity index (χ0v) is 14.4. The number of Topliss-reactive ketones (excluding diaryl/α,β-unsaturated/α-hetero) is 1. The Kier molecular flexibility index (Phi) is 4.08. The number of hydrogen-bond acceptors (Lipinski definition) is 3. The highest BCUT2D eigenvalue weighted by atomic mass is 16.5. The van der Waals surface area contributed by atoms with Crippen LogP contribution in [0, 0.1) is 12.3 Å². The molecular formula is C18H26N2O3. The zero-order chi connectivity index (χ0) is 16.8. The lowest BCUT2D eigenvalue weighted by atomic mass is 9.75. The normalized spacial score (nSPS) is 24.3. The lowest BCUT2D eigenvalue weighted by Crippen LogP contribution is -2.41. The molecule has 0 saturated carbocycles. The highest BCUT2D eigenvalue weighted by molar-refractivity contribution is 6.04. The molecule has 1 aliphatic carbocycles. The van der Waals surface area contributed by atoms with Gasteiger partial charge < -0.3 is 15.0 Å². The first-order valence-electron chi connectivity index (χ1n) is 8.45. The summed E-state index contributed by atoms with van der Waals surface area (Å²) in [7, 11) is 0. The second-order valence-corrected chi connectivity index (χ2v) is 7.73. The molecule has 5 heteroatoms. The lowest BCUT2D eigenvalue weighted by Gasteiger charge is -2.28. The highest BCUT2D eigenvalue weighted by Crippen LogP contribution is 2.36. The van der Waals surface area contributed by atoms with E-state index in [4.69, 9.17) is 4.74 Å². The van der Waals surface area contributed by atoms with Crippen LogP contribution in [0.3, 0.4) is 0 Å². The number of aromatic nitrogens is 1. The fourth-order valence-corrected chi connectivity index (χ4v) is 3.83. The van der Waals surface area contributed by atoms with Crippen molar-refractivity contribution in [3.8, 4) is 0 Å². The monoisotopic (exact) mass is 318 g/mol. The summed E-state index contributed by atoms with van der Waals surface area (Å²) < 4.78 is 5.63. The first-order chi connectivity index (χ1) is 10.8. The second-order valence-electron chi connectivity index (χ2n) is 7.73. The van der Waals surface area contributed by atoms with E-state index in [0.29, 0.717) is 12.1 Å². The van der Waals surface area contributed by atoms with Crippen molar-refractivity contribution in [3.63, 3.8) is 0 Å². The summed E-state index contributed by atoms with van der Waals surface area (Å²) >= 11 is 0. The summed E-state index contributed by atoms with van der Waals surface area (Å²) in [4.78, 5) is 28.2. The summed E-state index contributed by atoms with van der Waals surface area (Å²) in [5.41, 5.74) is 2.86. The second kappa shape index (κ2) is 5.78. The molecule has 5 nitrogen and oxygen atoms in total. The third-order valence-electron chi connectivity index (χ3n) is 5.01. The Morgan fingerprint density at radius 3 is 2.78 bits per heavy atom. The molecule has 0 unspecified atom stereocenters. The van der Waals surface area contributed by atoms with Crippen LogP contribution in [0.25, 0.3) is 0 Å². The molecule has 1 aromatic rings. The van der Waals surface area contributed by atoms with E-state index in [2.05, 4.69) is 24.1 Å². The minimum Gasteiger partial charge on any atom is -0.376 e. The number of fused-ring (bicyclic) bond motifs is 1. The number of carbonyl (C=O) groups excluding carboxylic acids is 2. The van der Waals surface area contributed by atoms with E-state index >= 15 is 0 Å². The van der Waals surface area contributed by atoms with E-state index in [-0.39, 0.29) is 29.3 Å². The smallest absolute Gasteiger partial charge is 0.268 e. The maximum absolute atomic E-state index is 12.6. The predicted octanol–water partition coefficient (Wildman–Crippen LogP) is 2.78. The molecule has 3 rings (SSSR count). The van der Waals surface area contributed by atoms with Crippen LogP contribution < -0.4 is 5.32 Å². The molecule has 1 amide bonds. The zero-order valence-electron chi connectivity index (χ0n) is 14.4. The Morgan fingerprint density at radius 2 is 2.13 bits per heavy atom. The molecule has 2 atom stereocenters. The molecule has 1 aliphatic heterocycles. The third-order valence-corrected chi connectivity index (χ3v) is 5.01. The number of aromatic amines is 1. The molecule has 0 spiro atoms. The van der Waals surface area contributed by atoms with Gasteiger partial charge in [-0.25, -0.2) is 0 Å². The summed E-state index contributed by atoms with van der Waals surface area (Å²) in [5.74, 6) is -0.0123. The van der Waals surface area contributed by atoms with Gasteiger partial charge in [-0.2, -0.15) is 0 Å². The number of rotatable bonds is 3. The summed E-state index contributed by atoms with van der Waals surface area (Å²) in [6.45, 7) is 8.77. The lowest BCUT2D eigenvalue weighted by molar-refractivity contribution is 0.0709. The highest BCUT2D eigenvalue weighted by Gasteiger charge is 2.35. The fraction of sp³-hybridized carbons (Fsp3) is 0.667. The summed E-state index contributed by atoms with van der Waals surface area (Å²) in [5, 5.41) is 3.02. The van der Waals surface area contributed by atoms with Gasteiger partial charge in [-0.15, -0.1) is 0 Å². The minimum atomic E-state index is -0.148. The van der Waals surface area contributed by atoms with Crippen LogP contribution in [-0.4, -0.2) is 35.4 Å². The molecule has 126 valence electrons. The SMILES string of the molecule is Cc1c(C(=O)N[C@@H](C)[C@H]2CCCO2)[nH]c2c1C(=O)CC(C)(C)C2. The fourth-order valence-electron chi connectivity index (χ4n) is 3.83. The number of hydrogen-bond donors (Lipinski definition) is 2. The number of ketones is 1. The standard InChI is InChI=1S/C18H26N2O3/c1-10-15-12(8-18(3,4)9-13(15)21)20-16(10)17(22)19-11(2)14-6-5-7-23-14/h11,14,20H,5-9H2,1-4H3,(H,19,22)/t11-,14+/m0/s1. The minimum absolute atomic E-state index is 0.0307. The Morgan fingerprint density at radius 1 is 1.39 bits per heavy atom. The largest absolute Gasteiger partial charge is 0.376 e. The van der Waals surface area contributed by atoms with Crippen molar-refractivity contribution in [2.45, 2.75) is 65.5 Å². The van der Waals surface area contributed by atoms with Crippen LogP contribution in [0.15, 0.2) is 0 Å². The van der Waals surface area contributed by atoms with Gasteiger partial charge in [0.2, 0.25) is 0 Å². The van der Waals surface area contributed by atoms with Gasteiger partial charge in [0.1, 0.15) is 5.69 Å². The van der Waals surface area contributed by atoms with E-state index in [0.717, 1.165) is 42.7 Å². The Labute approximate surface area is 137 Å². The van der Waals surface area contributed by atoms with Crippen LogP contribution in [0.4, 0.5) is 0 Å². The number of nitrogens with one attached hydrogen (secondary N) is 2. The predicted molar refractivity (Wildman–Crippen MR) is 87.9 cm³/mol. The number of amides is 1. The van der Waals surface area contributed by atoms with Gasteiger partial charge >= 0.3 is 0 Å². The number of carbonyl (C=O) groups is 2. The van der Waals surface area contributed by atoms with E-state index in [9.17, 15) is 9.59 Å². The van der Waals surface area contributed by atoms with Crippen LogP contribution >= 0.6 is 0 Å². The molecule has 2 heterocycles. The molecule has 2 N–H and O–H groups in total. The van der Waals surface area contributed by atoms with Crippen molar-refractivity contribution < 1.29 is 14.3 Å². The Hall–Kier alpha value is -1.62. The molecular weight excluding hydrogens is 292 g/mol. The average Bonchev–Trinajstić information content (AvgIpc) is 3.05. The average molecular weight is 318 g/mol. The van der Waals surface area contributed by atoms with E-state index in [1.54, 1.807) is 0 Å². The summed E-state index contributed by atoms with van der Waals surface area (Å²) in [6.07, 6.45) is 3.44. The molecule has 1 fully saturated rings. The molecule has 23 heavy (non-hydrogen) atoms. The van der Waals surface area contributed by atoms with Crippen LogP contribution in [0.2, 0.25) is 0 Å². The van der Waals surface area contributed by atoms with Crippen molar-refractivity contribution in [2.24, 2.45) is 5.41 Å². The number of ether oxygens (including phenoxy) is 1. The topological polar surface area (TPSA) is 71.2 Å². The Balaban J connectivity index is 1.81. The van der Waals surface area contributed by atoms with Crippen LogP contribution in [-0.2, 0) is 11.2 Å². The number of H-pyrrole nitrogens is 1. The first kappa shape index (κ1) is 16.2. The van der Waals surface area contributed by atoms with Gasteiger partial charge in [-0.3, -0.25) is 9.59 Å². The maximum Gasteiger partial charge on any atom is 0.268 e. The summed E-state index contributed by atoms with van der Waals surface area (Å²) in [6, 6.07) is -0.0307. The van der Waals surface area contributed by atoms with E-state index in [1.807, 2.05) is 13.8 Å². The van der Waals surface area contributed by atoms with Crippen molar-refractivity contribution in [3.05, 3.63) is 22.5 Å². The van der Waals surface area contributed by atoms with Gasteiger partial charge in [0.25, 0.3) is 5.91 Å². The van der Waals surface area contributed by atoms with Crippen molar-refractivity contribution in [1.82, 2.24) is 10.3 Å². The molecule has 0 radical (unpaired) electrons. The van der Waals surface area contributed by atoms with Gasteiger partial charge in [-0.05, 0) is 44.1 Å². The van der Waals surface area contributed by atoms with E-state index in [1.165, 1.54) is 0 Å². The molecule has 1 saturated heterocycles. The van der Waals surface area contributed by atoms with Crippen molar-refractivity contribution in [1.29, 1.82) is 0 Å². The maximum atomic E-state index is 12.6. The first-order valence-corrected chi connectivity index (χ1v) is 8.45. The molecule has 1 aromatic heterocycles. The van der Waals surface area contributed by atoms with Gasteiger partial charge in [0.15, 0.2) is 5.78 Å². The quantitative estimate of drug-likeness (QED) is 0.900. The Bertz CT molecular complexity index is 639.